The van der Waals surface area contributed by atoms with Gasteiger partial charge in [-0.1, -0.05) is 30.3 Å². The number of aromatic nitrogens is 1. The van der Waals surface area contributed by atoms with Crippen molar-refractivity contribution >= 4 is 5.91 Å². The largest absolute Gasteiger partial charge is 0.396 e. The van der Waals surface area contributed by atoms with Crippen molar-refractivity contribution in [1.29, 1.82) is 0 Å². The Morgan fingerprint density at radius 1 is 1.15 bits per heavy atom. The van der Waals surface area contributed by atoms with E-state index in [0.717, 1.165) is 25.9 Å². The number of aliphatic hydroxyl groups is 1. The molecule has 1 aliphatic heterocycles. The molecule has 1 aromatic carbocycles. The summed E-state index contributed by atoms with van der Waals surface area (Å²) in [5.41, 5.74) is 1.15. The number of nitrogens with zero attached hydrogens (tertiary/aromatic N) is 2. The van der Waals surface area contributed by atoms with Gasteiger partial charge in [-0.05, 0) is 43.5 Å². The van der Waals surface area contributed by atoms with Gasteiger partial charge >= 0.3 is 0 Å². The Kier molecular flexibility index (Phi) is 6.79. The quantitative estimate of drug-likeness (QED) is 0.776. The summed E-state index contributed by atoms with van der Waals surface area (Å²) >= 11 is 0. The minimum atomic E-state index is -0.355. The Morgan fingerprint density at radius 2 is 1.96 bits per heavy atom. The lowest BCUT2D eigenvalue weighted by molar-refractivity contribution is 0.0417. The second kappa shape index (κ2) is 9.48. The zero-order valence-electron chi connectivity index (χ0n) is 15.5. The number of piperazine rings is 1. The van der Waals surface area contributed by atoms with Crippen LogP contribution in [-0.2, 0) is 6.42 Å². The summed E-state index contributed by atoms with van der Waals surface area (Å²) in [5, 5.41) is 9.44. The van der Waals surface area contributed by atoms with Gasteiger partial charge in [0.1, 0.15) is 5.56 Å². The van der Waals surface area contributed by atoms with Crippen molar-refractivity contribution in [2.24, 2.45) is 0 Å². The van der Waals surface area contributed by atoms with E-state index < -0.39 is 0 Å². The first kappa shape index (κ1) is 19.3. The van der Waals surface area contributed by atoms with E-state index in [0.29, 0.717) is 19.5 Å². The highest BCUT2D eigenvalue weighted by molar-refractivity contribution is 5.93. The molecular formula is C21H27N3O3. The number of hydrogen-bond acceptors (Lipinski definition) is 4. The molecule has 2 heterocycles. The van der Waals surface area contributed by atoms with Gasteiger partial charge < -0.3 is 15.0 Å². The molecule has 2 aromatic rings. The van der Waals surface area contributed by atoms with Crippen molar-refractivity contribution in [2.75, 3.05) is 32.8 Å². The van der Waals surface area contributed by atoms with E-state index >= 15 is 0 Å². The third-order valence-corrected chi connectivity index (χ3v) is 5.16. The van der Waals surface area contributed by atoms with Crippen molar-refractivity contribution in [3.63, 3.8) is 0 Å². The monoisotopic (exact) mass is 369 g/mol. The highest BCUT2D eigenvalue weighted by atomic mass is 16.3. The van der Waals surface area contributed by atoms with Crippen LogP contribution < -0.4 is 5.56 Å². The zero-order chi connectivity index (χ0) is 19.1. The van der Waals surface area contributed by atoms with Crippen LogP contribution in [0.5, 0.6) is 0 Å². The molecule has 1 aromatic heterocycles. The van der Waals surface area contributed by atoms with Gasteiger partial charge in [0, 0.05) is 38.5 Å². The van der Waals surface area contributed by atoms with Crippen LogP contribution in [-0.4, -0.2) is 64.6 Å². The van der Waals surface area contributed by atoms with Gasteiger partial charge in [0.2, 0.25) is 0 Å². The predicted octanol–water partition coefficient (Wildman–Crippen LogP) is 1.52. The van der Waals surface area contributed by atoms with E-state index in [2.05, 4.69) is 34.1 Å². The Hall–Kier alpha value is -2.44. The van der Waals surface area contributed by atoms with E-state index in [1.807, 2.05) is 6.07 Å². The lowest BCUT2D eigenvalue weighted by Crippen LogP contribution is -2.55. The number of carbonyl (C=O) groups excluding carboxylic acids is 1. The van der Waals surface area contributed by atoms with E-state index in [1.165, 1.54) is 11.8 Å². The van der Waals surface area contributed by atoms with Crippen molar-refractivity contribution in [3.8, 4) is 0 Å². The fourth-order valence-corrected chi connectivity index (χ4v) is 3.69. The van der Waals surface area contributed by atoms with Crippen LogP contribution in [0.15, 0.2) is 53.5 Å². The van der Waals surface area contributed by atoms with Gasteiger partial charge in [0.25, 0.3) is 11.5 Å². The summed E-state index contributed by atoms with van der Waals surface area (Å²) in [6, 6.07) is 13.8. The third kappa shape index (κ3) is 5.05. The number of aryl methyl sites for hydroxylation is 1. The average molecular weight is 369 g/mol. The number of benzene rings is 1. The summed E-state index contributed by atoms with van der Waals surface area (Å²) in [4.78, 5) is 31.2. The molecule has 1 aliphatic rings. The molecule has 6 heteroatoms. The first-order chi connectivity index (χ1) is 13.2. The molecule has 1 unspecified atom stereocenters. The lowest BCUT2D eigenvalue weighted by atomic mass is 10.1. The Bertz CT molecular complexity index is 791. The third-order valence-electron chi connectivity index (χ3n) is 5.16. The fraction of sp³-hybridized carbons (Fsp3) is 0.429. The van der Waals surface area contributed by atoms with E-state index in [-0.39, 0.29) is 29.7 Å². The van der Waals surface area contributed by atoms with Crippen molar-refractivity contribution in [2.45, 2.75) is 25.3 Å². The number of hydrogen-bond donors (Lipinski definition) is 2. The van der Waals surface area contributed by atoms with Gasteiger partial charge in [-0.25, -0.2) is 0 Å². The van der Waals surface area contributed by atoms with E-state index in [1.54, 1.807) is 17.0 Å². The molecule has 1 amide bonds. The summed E-state index contributed by atoms with van der Waals surface area (Å²) in [7, 11) is 0. The molecule has 1 fully saturated rings. The highest BCUT2D eigenvalue weighted by Crippen LogP contribution is 2.16. The van der Waals surface area contributed by atoms with Gasteiger partial charge in [-0.3, -0.25) is 14.5 Å². The molecule has 0 radical (unpaired) electrons. The molecule has 27 heavy (non-hydrogen) atoms. The topological polar surface area (TPSA) is 76.6 Å². The number of amides is 1. The van der Waals surface area contributed by atoms with E-state index in [4.69, 9.17) is 0 Å². The summed E-state index contributed by atoms with van der Waals surface area (Å²) in [6.07, 6.45) is 4.21. The molecule has 0 bridgehead atoms. The highest BCUT2D eigenvalue weighted by Gasteiger charge is 2.30. The van der Waals surface area contributed by atoms with E-state index in [9.17, 15) is 14.7 Å². The van der Waals surface area contributed by atoms with Crippen LogP contribution in [0.2, 0.25) is 0 Å². The van der Waals surface area contributed by atoms with Crippen LogP contribution in [0.1, 0.15) is 28.8 Å². The van der Waals surface area contributed by atoms with Gasteiger partial charge in [0.15, 0.2) is 0 Å². The van der Waals surface area contributed by atoms with Crippen LogP contribution in [0.25, 0.3) is 0 Å². The average Bonchev–Trinajstić information content (AvgIpc) is 2.70. The molecule has 144 valence electrons. The molecule has 2 N–H and O–H groups in total. The summed E-state index contributed by atoms with van der Waals surface area (Å²) in [6.45, 7) is 2.93. The molecule has 6 nitrogen and oxygen atoms in total. The minimum absolute atomic E-state index is 0.0911. The maximum atomic E-state index is 12.7. The molecule has 3 rings (SSSR count). The maximum Gasteiger partial charge on any atom is 0.260 e. The van der Waals surface area contributed by atoms with Crippen molar-refractivity contribution in [1.82, 2.24) is 14.8 Å². The molecule has 0 spiro atoms. The normalized spacial score (nSPS) is 17.8. The van der Waals surface area contributed by atoms with Crippen LogP contribution in [0.3, 0.4) is 0 Å². The molecule has 1 atom stereocenters. The maximum absolute atomic E-state index is 12.7. The molecule has 0 aliphatic carbocycles. The first-order valence-electron chi connectivity index (χ1n) is 9.55. The standard InChI is InChI=1S/C21H27N3O3/c25-15-10-18-16-24(21(27)19-9-4-11-22-20(19)26)14-13-23(18)12-5-8-17-6-2-1-3-7-17/h1-4,6-7,9,11,18,25H,5,8,10,12-16H2,(H,22,26). The van der Waals surface area contributed by atoms with Crippen LogP contribution in [0, 0.1) is 0 Å². The number of aliphatic hydroxyl groups excluding tert-OH is 1. The molecular weight excluding hydrogens is 342 g/mol. The number of pyridine rings is 1. The zero-order valence-corrected chi connectivity index (χ0v) is 15.5. The van der Waals surface area contributed by atoms with Gasteiger partial charge in [-0.15, -0.1) is 0 Å². The molecule has 1 saturated heterocycles. The SMILES string of the molecule is O=C(c1ccc[nH]c1=O)N1CCN(CCCc2ccccc2)C(CCO)C1. The van der Waals surface area contributed by atoms with Gasteiger partial charge in [-0.2, -0.15) is 0 Å². The minimum Gasteiger partial charge on any atom is -0.396 e. The number of aromatic amines is 1. The van der Waals surface area contributed by atoms with Gasteiger partial charge in [0.05, 0.1) is 0 Å². The number of nitrogens with one attached hydrogen (secondary N) is 1. The first-order valence-corrected chi connectivity index (χ1v) is 9.55. The van der Waals surface area contributed by atoms with Crippen LogP contribution >= 0.6 is 0 Å². The second-order valence-corrected chi connectivity index (χ2v) is 6.96. The molecule has 0 saturated carbocycles. The lowest BCUT2D eigenvalue weighted by Gasteiger charge is -2.41. The number of carbonyl (C=O) groups is 1. The van der Waals surface area contributed by atoms with Crippen LogP contribution in [0.4, 0.5) is 0 Å². The Morgan fingerprint density at radius 3 is 2.70 bits per heavy atom. The number of rotatable bonds is 7. The second-order valence-electron chi connectivity index (χ2n) is 6.96. The Balaban J connectivity index is 1.58. The smallest absolute Gasteiger partial charge is 0.260 e. The predicted molar refractivity (Wildman–Crippen MR) is 105 cm³/mol. The summed E-state index contributed by atoms with van der Waals surface area (Å²) < 4.78 is 0. The fourth-order valence-electron chi connectivity index (χ4n) is 3.69. The van der Waals surface area contributed by atoms with Crippen molar-refractivity contribution < 1.29 is 9.90 Å². The summed E-state index contributed by atoms with van der Waals surface area (Å²) in [5.74, 6) is -0.233. The number of H-pyrrole nitrogens is 1. The van der Waals surface area contributed by atoms with Crippen molar-refractivity contribution in [3.05, 3.63) is 70.1 Å². The Labute approximate surface area is 159 Å².